The molecule has 0 spiro atoms. The summed E-state index contributed by atoms with van der Waals surface area (Å²) in [5, 5.41) is 54.7. The van der Waals surface area contributed by atoms with Crippen molar-refractivity contribution < 1.29 is 39.8 Å². The molecule has 9 heteroatoms. The molecule has 0 aliphatic carbocycles. The first-order valence-electron chi connectivity index (χ1n) is 35.9. The van der Waals surface area contributed by atoms with Gasteiger partial charge in [-0.15, -0.1) is 0 Å². The number of allylic oxidation sites excluding steroid dienone is 7. The zero-order valence-corrected chi connectivity index (χ0v) is 54.0. The number of aliphatic hydroxyl groups is 5. The standard InChI is InChI=1S/C73H137NO8/c1-3-5-7-9-11-13-15-17-19-21-23-25-27-29-30-31-32-33-34-35-36-37-38-39-41-43-45-47-49-51-53-55-57-59-61-63-69(77)74-66(65-81-73-72(80)71(79)70(78)68(64-75)82-73)67(76)62-60-58-56-54-52-50-48-46-44-42-40-28-26-24-22-20-18-16-14-12-10-8-6-4-2/h27,29,31-32,52,54,60,62,66-68,70-73,75-76,78-80H,3-26,28,30,33-51,53,55-59,61,63-65H2,1-2H3,(H,74,77)/b29-27-,32-31-,54-52+,62-60+. The molecule has 82 heavy (non-hydrogen) atoms. The maximum atomic E-state index is 13.1. The van der Waals surface area contributed by atoms with Crippen LogP contribution in [0.1, 0.15) is 354 Å². The normalized spacial score (nSPS) is 18.5. The molecule has 7 atom stereocenters. The molecule has 1 amide bonds. The summed E-state index contributed by atoms with van der Waals surface area (Å²) < 4.78 is 11.3. The number of carbonyl (C=O) groups is 1. The number of aliphatic hydroxyl groups excluding tert-OH is 5. The molecule has 0 bridgehead atoms. The van der Waals surface area contributed by atoms with Crippen LogP contribution in [-0.2, 0) is 14.3 Å². The van der Waals surface area contributed by atoms with Crippen molar-refractivity contribution in [3.8, 4) is 0 Å². The molecule has 6 N–H and O–H groups in total. The lowest BCUT2D eigenvalue weighted by molar-refractivity contribution is -0.302. The Bertz CT molecular complexity index is 1430. The Balaban J connectivity index is 2.12. The summed E-state index contributed by atoms with van der Waals surface area (Å²) in [7, 11) is 0. The zero-order chi connectivity index (χ0) is 59.3. The highest BCUT2D eigenvalue weighted by Crippen LogP contribution is 2.23. The summed E-state index contributed by atoms with van der Waals surface area (Å²) >= 11 is 0. The van der Waals surface area contributed by atoms with Crippen molar-refractivity contribution in [2.75, 3.05) is 13.2 Å². The van der Waals surface area contributed by atoms with Gasteiger partial charge in [0.1, 0.15) is 24.4 Å². The Hall–Kier alpha value is -1.85. The number of nitrogens with one attached hydrogen (secondary N) is 1. The van der Waals surface area contributed by atoms with Gasteiger partial charge in [-0.05, 0) is 64.2 Å². The summed E-state index contributed by atoms with van der Waals surface area (Å²) in [6, 6.07) is -0.823. The van der Waals surface area contributed by atoms with Gasteiger partial charge in [0.05, 0.1) is 25.4 Å². The van der Waals surface area contributed by atoms with E-state index in [1.54, 1.807) is 6.08 Å². The maximum absolute atomic E-state index is 13.1. The molecule has 1 rings (SSSR count). The van der Waals surface area contributed by atoms with Crippen LogP contribution in [0.3, 0.4) is 0 Å². The first kappa shape index (κ1) is 78.2. The van der Waals surface area contributed by atoms with Gasteiger partial charge >= 0.3 is 0 Å². The van der Waals surface area contributed by atoms with Gasteiger partial charge in [-0.1, -0.05) is 332 Å². The van der Waals surface area contributed by atoms with E-state index in [9.17, 15) is 30.3 Å². The van der Waals surface area contributed by atoms with Crippen molar-refractivity contribution in [1.82, 2.24) is 5.32 Å². The fourth-order valence-electron chi connectivity index (χ4n) is 11.5. The third-order valence-electron chi connectivity index (χ3n) is 17.1. The van der Waals surface area contributed by atoms with Gasteiger partial charge < -0.3 is 40.3 Å². The van der Waals surface area contributed by atoms with Crippen molar-refractivity contribution in [3.63, 3.8) is 0 Å². The highest BCUT2D eigenvalue weighted by Gasteiger charge is 2.44. The van der Waals surface area contributed by atoms with Gasteiger partial charge in [0.25, 0.3) is 0 Å². The lowest BCUT2D eigenvalue weighted by Crippen LogP contribution is -2.60. The van der Waals surface area contributed by atoms with Crippen LogP contribution in [-0.4, -0.2) is 87.5 Å². The maximum Gasteiger partial charge on any atom is 0.220 e. The molecule has 1 aliphatic heterocycles. The predicted octanol–water partition coefficient (Wildman–Crippen LogP) is 19.6. The number of ether oxygens (including phenoxy) is 2. The molecule has 482 valence electrons. The number of rotatable bonds is 63. The molecular weight excluding hydrogens is 1020 g/mol. The summed E-state index contributed by atoms with van der Waals surface area (Å²) in [6.45, 7) is 3.81. The van der Waals surface area contributed by atoms with E-state index in [2.05, 4.69) is 55.6 Å². The van der Waals surface area contributed by atoms with Gasteiger partial charge in [0, 0.05) is 6.42 Å². The van der Waals surface area contributed by atoms with Crippen molar-refractivity contribution in [3.05, 3.63) is 48.6 Å². The molecule has 0 radical (unpaired) electrons. The SMILES string of the molecule is CCCCCCCCCCCCC/C=C\C/C=C\CCCCCCCCCCCCCCCCCCCC(=O)NC(COC1OC(CO)C(O)C(O)C1O)C(O)/C=C/CC/C=C/CCCCCCCCCCCCCCCCCCCC. The highest BCUT2D eigenvalue weighted by atomic mass is 16.7. The van der Waals surface area contributed by atoms with Crippen LogP contribution < -0.4 is 5.32 Å². The second-order valence-corrected chi connectivity index (χ2v) is 25.0. The monoisotopic (exact) mass is 1160 g/mol. The molecule has 1 heterocycles. The predicted molar refractivity (Wildman–Crippen MR) is 350 cm³/mol. The van der Waals surface area contributed by atoms with Crippen LogP contribution in [0.5, 0.6) is 0 Å². The molecule has 1 fully saturated rings. The Kier molecular flexibility index (Phi) is 59.3. The lowest BCUT2D eigenvalue weighted by Gasteiger charge is -2.40. The second-order valence-electron chi connectivity index (χ2n) is 25.0. The number of amides is 1. The molecule has 1 aliphatic rings. The molecule has 7 unspecified atom stereocenters. The smallest absolute Gasteiger partial charge is 0.220 e. The summed E-state index contributed by atoms with van der Waals surface area (Å²) in [4.78, 5) is 13.1. The van der Waals surface area contributed by atoms with Gasteiger partial charge in [0.15, 0.2) is 6.29 Å². The molecular formula is C73H137NO8. The topological polar surface area (TPSA) is 149 Å². The van der Waals surface area contributed by atoms with E-state index in [0.717, 1.165) is 44.9 Å². The fourth-order valence-corrected chi connectivity index (χ4v) is 11.5. The van der Waals surface area contributed by atoms with Gasteiger partial charge in [-0.25, -0.2) is 0 Å². The van der Waals surface area contributed by atoms with Crippen molar-refractivity contribution in [2.45, 2.75) is 397 Å². The van der Waals surface area contributed by atoms with Crippen molar-refractivity contribution >= 4 is 5.91 Å². The van der Waals surface area contributed by atoms with Crippen molar-refractivity contribution in [1.29, 1.82) is 0 Å². The zero-order valence-electron chi connectivity index (χ0n) is 54.0. The lowest BCUT2D eigenvalue weighted by atomic mass is 9.99. The fraction of sp³-hybridized carbons (Fsp3) is 0.877. The largest absolute Gasteiger partial charge is 0.394 e. The molecule has 0 aromatic heterocycles. The molecule has 9 nitrogen and oxygen atoms in total. The summed E-state index contributed by atoms with van der Waals surface area (Å²) in [5.41, 5.74) is 0. The van der Waals surface area contributed by atoms with Crippen LogP contribution in [0.2, 0.25) is 0 Å². The first-order valence-corrected chi connectivity index (χ1v) is 35.9. The number of hydrogen-bond acceptors (Lipinski definition) is 8. The summed E-state index contributed by atoms with van der Waals surface area (Å²) in [5.74, 6) is -0.181. The Morgan fingerprint density at radius 3 is 1.10 bits per heavy atom. The van der Waals surface area contributed by atoms with E-state index in [1.807, 2.05) is 6.08 Å². The quantitative estimate of drug-likeness (QED) is 0.0261. The average molecular weight is 1160 g/mol. The third-order valence-corrected chi connectivity index (χ3v) is 17.1. The van der Waals surface area contributed by atoms with Crippen LogP contribution in [0.4, 0.5) is 0 Å². The Morgan fingerprint density at radius 1 is 0.415 bits per heavy atom. The average Bonchev–Trinajstić information content (AvgIpc) is 3.52. The molecule has 0 aromatic carbocycles. The Morgan fingerprint density at radius 2 is 0.732 bits per heavy atom. The first-order chi connectivity index (χ1) is 40.3. The van der Waals surface area contributed by atoms with E-state index in [-0.39, 0.29) is 12.5 Å². The van der Waals surface area contributed by atoms with Gasteiger partial charge in [-0.3, -0.25) is 4.79 Å². The minimum Gasteiger partial charge on any atom is -0.394 e. The number of hydrogen-bond donors (Lipinski definition) is 6. The van der Waals surface area contributed by atoms with Crippen LogP contribution in [0.15, 0.2) is 48.6 Å². The molecule has 1 saturated heterocycles. The molecule has 0 saturated carbocycles. The second kappa shape index (κ2) is 62.2. The van der Waals surface area contributed by atoms with Gasteiger partial charge in [0.2, 0.25) is 5.91 Å². The highest BCUT2D eigenvalue weighted by molar-refractivity contribution is 5.76. The number of unbranched alkanes of at least 4 members (excludes halogenated alkanes) is 47. The minimum atomic E-state index is -1.57. The van der Waals surface area contributed by atoms with E-state index < -0.39 is 49.5 Å². The third kappa shape index (κ3) is 50.3. The number of carbonyl (C=O) groups excluding carboxylic acids is 1. The van der Waals surface area contributed by atoms with E-state index in [0.29, 0.717) is 6.42 Å². The van der Waals surface area contributed by atoms with E-state index in [1.165, 1.54) is 289 Å². The minimum absolute atomic E-state index is 0.181. The van der Waals surface area contributed by atoms with E-state index in [4.69, 9.17) is 9.47 Å². The van der Waals surface area contributed by atoms with E-state index >= 15 is 0 Å². The van der Waals surface area contributed by atoms with Gasteiger partial charge in [-0.2, -0.15) is 0 Å². The van der Waals surface area contributed by atoms with Crippen molar-refractivity contribution in [2.24, 2.45) is 0 Å². The summed E-state index contributed by atoms with van der Waals surface area (Å²) in [6.07, 6.45) is 78.0. The van der Waals surface area contributed by atoms with Crippen LogP contribution in [0.25, 0.3) is 0 Å². The van der Waals surface area contributed by atoms with Crippen LogP contribution >= 0.6 is 0 Å². The molecule has 0 aromatic rings. The van der Waals surface area contributed by atoms with Crippen LogP contribution in [0, 0.1) is 0 Å². The Labute approximate surface area is 507 Å².